The van der Waals surface area contributed by atoms with Crippen molar-refractivity contribution in [2.75, 3.05) is 19.6 Å². The number of hydrogen-bond donors (Lipinski definition) is 1. The third-order valence-corrected chi connectivity index (χ3v) is 6.23. The minimum absolute atomic E-state index is 0.0691. The van der Waals surface area contributed by atoms with E-state index in [9.17, 15) is 9.59 Å². The lowest BCUT2D eigenvalue weighted by Gasteiger charge is -2.31. The van der Waals surface area contributed by atoms with Crippen molar-refractivity contribution >= 4 is 33.4 Å². The van der Waals surface area contributed by atoms with Gasteiger partial charge in [-0.3, -0.25) is 9.59 Å². The zero-order valence-electron chi connectivity index (χ0n) is 16.1. The van der Waals surface area contributed by atoms with Gasteiger partial charge in [-0.2, -0.15) is 0 Å². The number of carbonyl (C=O) groups is 2. The fraction of sp³-hybridized carbons (Fsp3) is 0.571. The third-order valence-electron chi connectivity index (χ3n) is 5.14. The molecular weight excluding hydrogens is 358 g/mol. The number of amides is 2. The fourth-order valence-electron chi connectivity index (χ4n) is 3.52. The molecule has 2 amide bonds. The first-order valence-electron chi connectivity index (χ1n) is 10.1. The molecule has 6 heteroatoms. The van der Waals surface area contributed by atoms with Gasteiger partial charge in [0.25, 0.3) is 0 Å². The summed E-state index contributed by atoms with van der Waals surface area (Å²) < 4.78 is 1.23. The van der Waals surface area contributed by atoms with Crippen molar-refractivity contribution in [2.24, 2.45) is 5.92 Å². The van der Waals surface area contributed by atoms with Crippen LogP contribution in [-0.2, 0) is 16.0 Å². The topological polar surface area (TPSA) is 62.3 Å². The third kappa shape index (κ3) is 5.51. The number of para-hydroxylation sites is 1. The van der Waals surface area contributed by atoms with Gasteiger partial charge >= 0.3 is 0 Å². The molecule has 0 spiro atoms. The van der Waals surface area contributed by atoms with E-state index in [0.717, 1.165) is 55.6 Å². The molecule has 1 fully saturated rings. The van der Waals surface area contributed by atoms with Gasteiger partial charge in [-0.05, 0) is 50.7 Å². The number of aromatic nitrogens is 1. The summed E-state index contributed by atoms with van der Waals surface area (Å²) in [6, 6.07) is 8.21. The van der Waals surface area contributed by atoms with E-state index in [4.69, 9.17) is 0 Å². The number of nitrogens with zero attached hydrogens (tertiary/aromatic N) is 2. The normalized spacial score (nSPS) is 15.2. The number of benzene rings is 1. The highest BCUT2D eigenvalue weighted by molar-refractivity contribution is 7.18. The molecule has 0 unspecified atom stereocenters. The molecule has 1 N–H and O–H groups in total. The first-order valence-corrected chi connectivity index (χ1v) is 10.9. The summed E-state index contributed by atoms with van der Waals surface area (Å²) in [5.41, 5.74) is 1.07. The number of thiazole rings is 1. The van der Waals surface area contributed by atoms with Crippen LogP contribution in [0.2, 0.25) is 0 Å². The Hall–Kier alpha value is -1.95. The maximum atomic E-state index is 12.4. The standard InChI is InChI=1S/C21H29N3O2S/c1-2-13-22-21(26)16-11-14-24(15-12-16)20(25)10-6-5-9-19-23-17-7-3-4-8-18(17)27-19/h3-4,7-8,16H,2,5-6,9-15H2,1H3,(H,22,26). The Bertz CT molecular complexity index is 733. The van der Waals surface area contributed by atoms with E-state index < -0.39 is 0 Å². The van der Waals surface area contributed by atoms with Crippen molar-refractivity contribution in [3.05, 3.63) is 29.3 Å². The van der Waals surface area contributed by atoms with Gasteiger partial charge in [0.05, 0.1) is 15.2 Å². The zero-order chi connectivity index (χ0) is 19.1. The summed E-state index contributed by atoms with van der Waals surface area (Å²) in [7, 11) is 0. The molecule has 0 aliphatic carbocycles. The number of nitrogens with one attached hydrogen (secondary N) is 1. The van der Waals surface area contributed by atoms with E-state index in [-0.39, 0.29) is 17.7 Å². The Labute approximate surface area is 165 Å². The Kier molecular flexibility index (Phi) is 7.21. The van der Waals surface area contributed by atoms with Gasteiger partial charge in [0.2, 0.25) is 11.8 Å². The second kappa shape index (κ2) is 9.83. The average molecular weight is 388 g/mol. The average Bonchev–Trinajstić information content (AvgIpc) is 3.12. The van der Waals surface area contributed by atoms with Gasteiger partial charge in [-0.25, -0.2) is 4.98 Å². The Morgan fingerprint density at radius 3 is 2.74 bits per heavy atom. The molecule has 1 aromatic carbocycles. The first-order chi connectivity index (χ1) is 13.2. The summed E-state index contributed by atoms with van der Waals surface area (Å²) in [6.07, 6.45) is 5.94. The molecule has 0 atom stereocenters. The van der Waals surface area contributed by atoms with Crippen LogP contribution in [0.4, 0.5) is 0 Å². The van der Waals surface area contributed by atoms with Gasteiger partial charge < -0.3 is 10.2 Å². The highest BCUT2D eigenvalue weighted by atomic mass is 32.1. The van der Waals surface area contributed by atoms with Crippen LogP contribution in [0.25, 0.3) is 10.2 Å². The number of unbranched alkanes of at least 4 members (excludes halogenated alkanes) is 1. The van der Waals surface area contributed by atoms with E-state index in [0.29, 0.717) is 19.5 Å². The van der Waals surface area contributed by atoms with Crippen LogP contribution in [-0.4, -0.2) is 41.3 Å². The molecule has 2 heterocycles. The minimum Gasteiger partial charge on any atom is -0.356 e. The summed E-state index contributed by atoms with van der Waals surface area (Å²) in [6.45, 7) is 4.22. The number of carbonyl (C=O) groups excluding carboxylic acids is 2. The maximum Gasteiger partial charge on any atom is 0.223 e. The monoisotopic (exact) mass is 387 g/mol. The molecule has 1 aliphatic heterocycles. The van der Waals surface area contributed by atoms with Crippen LogP contribution in [0.1, 0.15) is 50.5 Å². The molecule has 1 aromatic heterocycles. The smallest absolute Gasteiger partial charge is 0.223 e. The zero-order valence-corrected chi connectivity index (χ0v) is 16.9. The highest BCUT2D eigenvalue weighted by Crippen LogP contribution is 2.23. The number of fused-ring (bicyclic) bond motifs is 1. The fourth-order valence-corrected chi connectivity index (χ4v) is 4.53. The number of piperidine rings is 1. The van der Waals surface area contributed by atoms with E-state index in [2.05, 4.69) is 23.3 Å². The molecule has 0 radical (unpaired) electrons. The van der Waals surface area contributed by atoms with Gasteiger partial charge in [-0.15, -0.1) is 11.3 Å². The molecular formula is C21H29N3O2S. The van der Waals surface area contributed by atoms with Crippen molar-refractivity contribution < 1.29 is 9.59 Å². The minimum atomic E-state index is 0.0691. The number of likely N-dealkylation sites (tertiary alicyclic amines) is 1. The summed E-state index contributed by atoms with van der Waals surface area (Å²) in [4.78, 5) is 31.0. The Balaban J connectivity index is 1.34. The lowest BCUT2D eigenvalue weighted by atomic mass is 9.95. The molecule has 3 rings (SSSR count). The number of rotatable bonds is 8. The molecule has 1 aliphatic rings. The number of hydrogen-bond acceptors (Lipinski definition) is 4. The summed E-state index contributed by atoms with van der Waals surface area (Å²) >= 11 is 1.75. The van der Waals surface area contributed by atoms with Crippen LogP contribution in [0.5, 0.6) is 0 Å². The van der Waals surface area contributed by atoms with Crippen LogP contribution >= 0.6 is 11.3 Å². The van der Waals surface area contributed by atoms with Gasteiger partial charge in [0.15, 0.2) is 0 Å². The van der Waals surface area contributed by atoms with Crippen molar-refractivity contribution in [2.45, 2.75) is 51.9 Å². The van der Waals surface area contributed by atoms with Crippen LogP contribution < -0.4 is 5.32 Å². The predicted octanol–water partition coefficient (Wildman–Crippen LogP) is 3.77. The van der Waals surface area contributed by atoms with Crippen LogP contribution in [0, 0.1) is 5.92 Å². The lowest BCUT2D eigenvalue weighted by Crippen LogP contribution is -2.43. The van der Waals surface area contributed by atoms with Crippen LogP contribution in [0.15, 0.2) is 24.3 Å². The van der Waals surface area contributed by atoms with Gasteiger partial charge in [0, 0.05) is 32.0 Å². The molecule has 1 saturated heterocycles. The quantitative estimate of drug-likeness (QED) is 0.701. The van der Waals surface area contributed by atoms with E-state index >= 15 is 0 Å². The SMILES string of the molecule is CCCNC(=O)C1CCN(C(=O)CCCCc2nc3ccccc3s2)CC1. The van der Waals surface area contributed by atoms with Crippen molar-refractivity contribution in [3.63, 3.8) is 0 Å². The van der Waals surface area contributed by atoms with Crippen molar-refractivity contribution in [1.82, 2.24) is 15.2 Å². The number of aryl methyl sites for hydroxylation is 1. The maximum absolute atomic E-state index is 12.4. The van der Waals surface area contributed by atoms with Crippen molar-refractivity contribution in [3.8, 4) is 0 Å². The van der Waals surface area contributed by atoms with E-state index in [1.165, 1.54) is 4.70 Å². The van der Waals surface area contributed by atoms with Crippen molar-refractivity contribution in [1.29, 1.82) is 0 Å². The molecule has 0 bridgehead atoms. The summed E-state index contributed by atoms with van der Waals surface area (Å²) in [5, 5.41) is 4.12. The van der Waals surface area contributed by atoms with Gasteiger partial charge in [-0.1, -0.05) is 19.1 Å². The second-order valence-corrected chi connectivity index (χ2v) is 8.34. The molecule has 0 saturated carbocycles. The highest BCUT2D eigenvalue weighted by Gasteiger charge is 2.26. The van der Waals surface area contributed by atoms with E-state index in [1.54, 1.807) is 11.3 Å². The Morgan fingerprint density at radius 2 is 2.00 bits per heavy atom. The van der Waals surface area contributed by atoms with E-state index in [1.807, 2.05) is 23.1 Å². The lowest BCUT2D eigenvalue weighted by molar-refractivity contribution is -0.135. The second-order valence-electron chi connectivity index (χ2n) is 7.23. The molecule has 2 aromatic rings. The molecule has 27 heavy (non-hydrogen) atoms. The first kappa shape index (κ1) is 19.8. The summed E-state index contributed by atoms with van der Waals surface area (Å²) in [5.74, 6) is 0.450. The molecule has 146 valence electrons. The largest absolute Gasteiger partial charge is 0.356 e. The predicted molar refractivity (Wildman–Crippen MR) is 110 cm³/mol. The Morgan fingerprint density at radius 1 is 1.22 bits per heavy atom. The van der Waals surface area contributed by atoms with Crippen LogP contribution in [0.3, 0.4) is 0 Å². The van der Waals surface area contributed by atoms with Gasteiger partial charge in [0.1, 0.15) is 0 Å². The molecule has 5 nitrogen and oxygen atoms in total.